The lowest BCUT2D eigenvalue weighted by atomic mass is 10.0. The molecule has 0 spiro atoms. The van der Waals surface area contributed by atoms with Crippen molar-refractivity contribution in [2.45, 2.75) is 56.4 Å². The Morgan fingerprint density at radius 1 is 0.892 bits per heavy atom. The second-order valence-corrected chi connectivity index (χ2v) is 10.6. The molecule has 6 rings (SSSR count). The molecule has 3 fully saturated rings. The zero-order chi connectivity index (χ0) is 25.4. The van der Waals surface area contributed by atoms with Gasteiger partial charge in [0, 0.05) is 50.4 Å². The summed E-state index contributed by atoms with van der Waals surface area (Å²) in [6.45, 7) is 2.80. The molecule has 1 unspecified atom stereocenters. The van der Waals surface area contributed by atoms with E-state index in [2.05, 4.69) is 15.7 Å². The Morgan fingerprint density at radius 2 is 1.65 bits per heavy atom. The van der Waals surface area contributed by atoms with Gasteiger partial charge in [-0.3, -0.25) is 19.3 Å². The van der Waals surface area contributed by atoms with Gasteiger partial charge in [-0.05, 0) is 61.4 Å². The van der Waals surface area contributed by atoms with Crippen LogP contribution in [0.15, 0.2) is 55.0 Å². The zero-order valence-corrected chi connectivity index (χ0v) is 20.9. The van der Waals surface area contributed by atoms with Crippen molar-refractivity contribution in [3.05, 3.63) is 83.2 Å². The average molecular weight is 502 g/mol. The van der Waals surface area contributed by atoms with Crippen molar-refractivity contribution in [1.29, 1.82) is 0 Å². The predicted molar refractivity (Wildman–Crippen MR) is 137 cm³/mol. The highest BCUT2D eigenvalue weighted by atomic mass is 19.1. The van der Waals surface area contributed by atoms with Crippen molar-refractivity contribution in [3.8, 4) is 0 Å². The fourth-order valence-corrected chi connectivity index (χ4v) is 5.84. The molecule has 37 heavy (non-hydrogen) atoms. The van der Waals surface area contributed by atoms with Gasteiger partial charge >= 0.3 is 0 Å². The highest BCUT2D eigenvalue weighted by Gasteiger charge is 2.38. The minimum absolute atomic E-state index is 0.0704. The van der Waals surface area contributed by atoms with Gasteiger partial charge in [0.15, 0.2) is 0 Å². The van der Waals surface area contributed by atoms with Crippen LogP contribution in [0.3, 0.4) is 0 Å². The number of carbonyl (C=O) groups excluding carboxylic acids is 2. The van der Waals surface area contributed by atoms with E-state index < -0.39 is 0 Å². The summed E-state index contributed by atoms with van der Waals surface area (Å²) in [5.41, 5.74) is 3.86. The monoisotopic (exact) mass is 501 g/mol. The number of carbonyl (C=O) groups is 2. The van der Waals surface area contributed by atoms with Crippen molar-refractivity contribution in [3.63, 3.8) is 0 Å². The van der Waals surface area contributed by atoms with E-state index in [9.17, 15) is 14.0 Å². The van der Waals surface area contributed by atoms with Gasteiger partial charge in [-0.1, -0.05) is 18.2 Å². The van der Waals surface area contributed by atoms with Crippen LogP contribution in [-0.4, -0.2) is 62.6 Å². The third-order valence-electron chi connectivity index (χ3n) is 8.09. The van der Waals surface area contributed by atoms with E-state index in [-0.39, 0.29) is 30.1 Å². The molecule has 2 saturated heterocycles. The SMILES string of the molecule is O=C(Cc1ccc(F)cc1)N1CCC(n2ncc(C(=O)N3CCC(c4cccnc4)C3)c2C2CC2)CC1. The molecule has 7 nitrogen and oxygen atoms in total. The van der Waals surface area contributed by atoms with E-state index >= 15 is 0 Å². The van der Waals surface area contributed by atoms with Gasteiger partial charge in [0.2, 0.25) is 5.91 Å². The fourth-order valence-electron chi connectivity index (χ4n) is 5.84. The summed E-state index contributed by atoms with van der Waals surface area (Å²) in [4.78, 5) is 34.5. The maximum atomic E-state index is 13.6. The lowest BCUT2D eigenvalue weighted by Crippen LogP contribution is -2.40. The molecular weight excluding hydrogens is 469 g/mol. The number of hydrogen-bond acceptors (Lipinski definition) is 4. The molecule has 0 bridgehead atoms. The van der Waals surface area contributed by atoms with E-state index in [0.717, 1.165) is 55.5 Å². The van der Waals surface area contributed by atoms with E-state index in [1.165, 1.54) is 17.7 Å². The van der Waals surface area contributed by atoms with Gasteiger partial charge in [0.25, 0.3) is 5.91 Å². The molecule has 2 amide bonds. The van der Waals surface area contributed by atoms with Crippen LogP contribution in [0.4, 0.5) is 4.39 Å². The van der Waals surface area contributed by atoms with Gasteiger partial charge < -0.3 is 9.80 Å². The topological polar surface area (TPSA) is 71.3 Å². The first-order chi connectivity index (χ1) is 18.1. The Morgan fingerprint density at radius 3 is 2.35 bits per heavy atom. The minimum Gasteiger partial charge on any atom is -0.342 e. The van der Waals surface area contributed by atoms with Gasteiger partial charge in [0.1, 0.15) is 5.82 Å². The number of rotatable bonds is 6. The summed E-state index contributed by atoms with van der Waals surface area (Å²) in [5, 5.41) is 4.74. The summed E-state index contributed by atoms with van der Waals surface area (Å²) in [6, 6.07) is 10.4. The molecule has 2 aromatic heterocycles. The minimum atomic E-state index is -0.293. The smallest absolute Gasteiger partial charge is 0.257 e. The normalized spacial score (nSPS) is 20.4. The Kier molecular flexibility index (Phi) is 6.49. The van der Waals surface area contributed by atoms with Crippen molar-refractivity contribution in [2.24, 2.45) is 0 Å². The van der Waals surface area contributed by atoms with Crippen LogP contribution in [-0.2, 0) is 11.2 Å². The van der Waals surface area contributed by atoms with Gasteiger partial charge in [-0.15, -0.1) is 0 Å². The van der Waals surface area contributed by atoms with Crippen LogP contribution < -0.4 is 0 Å². The molecule has 3 aromatic rings. The number of piperidine rings is 1. The van der Waals surface area contributed by atoms with Crippen LogP contribution in [0.25, 0.3) is 0 Å². The highest BCUT2D eigenvalue weighted by Crippen LogP contribution is 2.44. The van der Waals surface area contributed by atoms with E-state index in [1.807, 2.05) is 22.1 Å². The number of aromatic nitrogens is 3. The molecule has 2 aliphatic heterocycles. The second kappa shape index (κ2) is 10.1. The molecule has 3 aliphatic rings. The Hall–Kier alpha value is -3.55. The lowest BCUT2D eigenvalue weighted by molar-refractivity contribution is -0.131. The third kappa shape index (κ3) is 5.02. The fraction of sp³-hybridized carbons (Fsp3) is 0.448. The summed E-state index contributed by atoms with van der Waals surface area (Å²) in [5.74, 6) is 0.594. The molecule has 8 heteroatoms. The number of benzene rings is 1. The van der Waals surface area contributed by atoms with Crippen LogP contribution >= 0.6 is 0 Å². The maximum Gasteiger partial charge on any atom is 0.257 e. The number of pyridine rings is 1. The Bertz CT molecular complexity index is 1260. The maximum absolute atomic E-state index is 13.6. The first-order valence-electron chi connectivity index (χ1n) is 13.4. The Labute approximate surface area is 216 Å². The van der Waals surface area contributed by atoms with Gasteiger partial charge in [0.05, 0.1) is 29.9 Å². The molecule has 0 N–H and O–H groups in total. The molecule has 1 saturated carbocycles. The lowest BCUT2D eigenvalue weighted by Gasteiger charge is -2.33. The first kappa shape index (κ1) is 23.8. The van der Waals surface area contributed by atoms with Gasteiger partial charge in [-0.25, -0.2) is 4.39 Å². The highest BCUT2D eigenvalue weighted by molar-refractivity contribution is 5.95. The van der Waals surface area contributed by atoms with E-state index in [0.29, 0.717) is 31.5 Å². The largest absolute Gasteiger partial charge is 0.342 e. The second-order valence-electron chi connectivity index (χ2n) is 10.6. The number of nitrogens with zero attached hydrogens (tertiary/aromatic N) is 5. The summed E-state index contributed by atoms with van der Waals surface area (Å²) in [6.07, 6.45) is 10.5. The number of hydrogen-bond donors (Lipinski definition) is 0. The van der Waals surface area contributed by atoms with E-state index in [4.69, 9.17) is 5.10 Å². The van der Waals surface area contributed by atoms with Crippen LogP contribution in [0.2, 0.25) is 0 Å². The van der Waals surface area contributed by atoms with Crippen molar-refractivity contribution >= 4 is 11.8 Å². The van der Waals surface area contributed by atoms with Gasteiger partial charge in [-0.2, -0.15) is 5.10 Å². The first-order valence-corrected chi connectivity index (χ1v) is 13.4. The van der Waals surface area contributed by atoms with Crippen molar-refractivity contribution in [2.75, 3.05) is 26.2 Å². The zero-order valence-electron chi connectivity index (χ0n) is 20.9. The van der Waals surface area contributed by atoms with E-state index in [1.54, 1.807) is 24.5 Å². The molecular formula is C29H32FN5O2. The number of amides is 2. The predicted octanol–water partition coefficient (Wildman–Crippen LogP) is 4.33. The summed E-state index contributed by atoms with van der Waals surface area (Å²) < 4.78 is 15.3. The molecule has 1 aromatic carbocycles. The van der Waals surface area contributed by atoms with Crippen LogP contribution in [0, 0.1) is 5.82 Å². The average Bonchev–Trinajstić information content (AvgIpc) is 3.47. The van der Waals surface area contributed by atoms with Crippen LogP contribution in [0.5, 0.6) is 0 Å². The molecule has 4 heterocycles. The summed E-state index contributed by atoms with van der Waals surface area (Å²) in [7, 11) is 0. The third-order valence-corrected chi connectivity index (χ3v) is 8.09. The molecule has 192 valence electrons. The molecule has 1 atom stereocenters. The Balaban J connectivity index is 1.11. The number of likely N-dealkylation sites (tertiary alicyclic amines) is 2. The van der Waals surface area contributed by atoms with Crippen molar-refractivity contribution in [1.82, 2.24) is 24.6 Å². The van der Waals surface area contributed by atoms with Crippen LogP contribution in [0.1, 0.15) is 77.2 Å². The molecule has 1 aliphatic carbocycles. The molecule has 0 radical (unpaired) electrons. The standard InChI is InChI=1S/C29H32FN5O2/c30-24-7-3-20(4-8-24)16-27(36)33-14-10-25(11-15-33)35-28(21-5-6-21)26(18-32-35)29(37)34-13-9-23(19-34)22-2-1-12-31-17-22/h1-4,7-8,12,17-18,21,23,25H,5-6,9-11,13-16,19H2. The van der Waals surface area contributed by atoms with Crippen molar-refractivity contribution < 1.29 is 14.0 Å². The summed E-state index contributed by atoms with van der Waals surface area (Å²) >= 11 is 0. The quantitative estimate of drug-likeness (QED) is 0.504. The number of halogens is 1.